The zero-order chi connectivity index (χ0) is 10.1. The molecule has 1 rings (SSSR count). The lowest BCUT2D eigenvalue weighted by Gasteiger charge is -2.10. The van der Waals surface area contributed by atoms with Gasteiger partial charge in [-0.15, -0.1) is 0 Å². The lowest BCUT2D eigenvalue weighted by atomic mass is 10.3. The quantitative estimate of drug-likeness (QED) is 0.580. The zero-order valence-corrected chi connectivity index (χ0v) is 8.96. The summed E-state index contributed by atoms with van der Waals surface area (Å²) in [6.07, 6.45) is 2.54. The van der Waals surface area contributed by atoms with E-state index in [1.165, 1.54) is 0 Å². The summed E-state index contributed by atoms with van der Waals surface area (Å²) in [5, 5.41) is 3.27. The molecule has 4 heteroatoms. The summed E-state index contributed by atoms with van der Waals surface area (Å²) >= 11 is 0. The molecule has 0 amide bonds. The van der Waals surface area contributed by atoms with Gasteiger partial charge in [0.25, 0.3) is 0 Å². The molecule has 4 nitrogen and oxygen atoms in total. The topological polar surface area (TPSA) is 39.7 Å². The van der Waals surface area contributed by atoms with Crippen molar-refractivity contribution in [1.82, 2.24) is 5.32 Å². The molecular formula is C10H21NO3. The van der Waals surface area contributed by atoms with Gasteiger partial charge in [0.1, 0.15) is 0 Å². The molecular weight excluding hydrogens is 182 g/mol. The maximum atomic E-state index is 5.64. The van der Waals surface area contributed by atoms with Crippen molar-refractivity contribution >= 4 is 0 Å². The van der Waals surface area contributed by atoms with E-state index in [0.717, 1.165) is 39.1 Å². The molecule has 1 aliphatic heterocycles. The van der Waals surface area contributed by atoms with Crippen molar-refractivity contribution < 1.29 is 14.2 Å². The van der Waals surface area contributed by atoms with Crippen molar-refractivity contribution in [3.8, 4) is 0 Å². The molecule has 84 valence electrons. The second-order valence-corrected chi connectivity index (χ2v) is 3.44. The number of ether oxygens (including phenoxy) is 3. The summed E-state index contributed by atoms with van der Waals surface area (Å²) in [5.41, 5.74) is 0. The summed E-state index contributed by atoms with van der Waals surface area (Å²) in [6, 6.07) is 0. The van der Waals surface area contributed by atoms with Crippen molar-refractivity contribution in [1.29, 1.82) is 0 Å². The molecule has 0 bridgehead atoms. The molecule has 0 aromatic carbocycles. The predicted octanol–water partition coefficient (Wildman–Crippen LogP) is 0.418. The van der Waals surface area contributed by atoms with Gasteiger partial charge in [-0.2, -0.15) is 0 Å². The van der Waals surface area contributed by atoms with E-state index < -0.39 is 0 Å². The summed E-state index contributed by atoms with van der Waals surface area (Å²) in [4.78, 5) is 0. The lowest BCUT2D eigenvalue weighted by molar-refractivity contribution is 0.0307. The van der Waals surface area contributed by atoms with E-state index in [0.29, 0.717) is 19.3 Å². The zero-order valence-electron chi connectivity index (χ0n) is 8.96. The minimum atomic E-state index is 0.425. The Morgan fingerprint density at radius 1 is 1.21 bits per heavy atom. The van der Waals surface area contributed by atoms with Crippen molar-refractivity contribution in [3.05, 3.63) is 0 Å². The van der Waals surface area contributed by atoms with Gasteiger partial charge < -0.3 is 19.5 Å². The monoisotopic (exact) mass is 203 g/mol. The van der Waals surface area contributed by atoms with Crippen molar-refractivity contribution in [2.75, 3.05) is 46.6 Å². The number of nitrogens with one attached hydrogen (secondary N) is 1. The van der Waals surface area contributed by atoms with Crippen molar-refractivity contribution in [3.63, 3.8) is 0 Å². The highest BCUT2D eigenvalue weighted by atomic mass is 16.5. The fourth-order valence-corrected chi connectivity index (χ4v) is 1.43. The Hall–Kier alpha value is -0.160. The van der Waals surface area contributed by atoms with Gasteiger partial charge in [-0.1, -0.05) is 0 Å². The second kappa shape index (κ2) is 8.17. The van der Waals surface area contributed by atoms with Gasteiger partial charge in [0, 0.05) is 26.9 Å². The number of methoxy groups -OCH3 is 1. The van der Waals surface area contributed by atoms with E-state index in [9.17, 15) is 0 Å². The third-order valence-corrected chi connectivity index (χ3v) is 2.23. The first-order valence-corrected chi connectivity index (χ1v) is 5.32. The minimum absolute atomic E-state index is 0.425. The van der Waals surface area contributed by atoms with Crippen LogP contribution in [0.25, 0.3) is 0 Å². The Bertz CT molecular complexity index is 127. The number of hydrogen-bond donors (Lipinski definition) is 1. The Morgan fingerprint density at radius 2 is 2.14 bits per heavy atom. The molecule has 1 saturated heterocycles. The molecule has 0 spiro atoms. The third kappa shape index (κ3) is 5.54. The molecule has 14 heavy (non-hydrogen) atoms. The van der Waals surface area contributed by atoms with E-state index in [-0.39, 0.29) is 0 Å². The van der Waals surface area contributed by atoms with E-state index in [4.69, 9.17) is 14.2 Å². The van der Waals surface area contributed by atoms with Crippen LogP contribution in [0.15, 0.2) is 0 Å². The standard InChI is InChI=1S/C10H21NO3/c1-12-7-8-13-5-2-6-14-10-3-4-11-9-10/h10-11H,2-9H2,1H3. The van der Waals surface area contributed by atoms with Gasteiger partial charge in [-0.25, -0.2) is 0 Å². The molecule has 1 heterocycles. The summed E-state index contributed by atoms with van der Waals surface area (Å²) < 4.78 is 15.8. The van der Waals surface area contributed by atoms with Crippen LogP contribution >= 0.6 is 0 Å². The average Bonchev–Trinajstić information content (AvgIpc) is 2.69. The fraction of sp³-hybridized carbons (Fsp3) is 1.00. The molecule has 1 atom stereocenters. The second-order valence-electron chi connectivity index (χ2n) is 3.44. The van der Waals surface area contributed by atoms with Crippen LogP contribution in [0.3, 0.4) is 0 Å². The molecule has 0 aromatic rings. The highest BCUT2D eigenvalue weighted by Gasteiger charge is 2.13. The van der Waals surface area contributed by atoms with Gasteiger partial charge in [-0.3, -0.25) is 0 Å². The molecule has 0 aliphatic carbocycles. The third-order valence-electron chi connectivity index (χ3n) is 2.23. The number of hydrogen-bond acceptors (Lipinski definition) is 4. The summed E-state index contributed by atoms with van der Waals surface area (Å²) in [7, 11) is 1.68. The van der Waals surface area contributed by atoms with Gasteiger partial charge in [0.15, 0.2) is 0 Å². The largest absolute Gasteiger partial charge is 0.382 e. The molecule has 1 unspecified atom stereocenters. The first-order valence-electron chi connectivity index (χ1n) is 5.32. The maximum absolute atomic E-state index is 5.64. The maximum Gasteiger partial charge on any atom is 0.0711 e. The van der Waals surface area contributed by atoms with Crippen LogP contribution in [0.4, 0.5) is 0 Å². The van der Waals surface area contributed by atoms with Gasteiger partial charge in [0.2, 0.25) is 0 Å². The number of rotatable bonds is 8. The minimum Gasteiger partial charge on any atom is -0.382 e. The highest BCUT2D eigenvalue weighted by molar-refractivity contribution is 4.70. The first kappa shape index (κ1) is 11.9. The Morgan fingerprint density at radius 3 is 2.86 bits per heavy atom. The Balaban J connectivity index is 1.75. The SMILES string of the molecule is COCCOCCCOC1CCNC1. The van der Waals surface area contributed by atoms with Gasteiger partial charge in [0.05, 0.1) is 19.3 Å². The summed E-state index contributed by atoms with van der Waals surface area (Å²) in [5.74, 6) is 0. The van der Waals surface area contributed by atoms with Crippen LogP contribution in [0, 0.1) is 0 Å². The van der Waals surface area contributed by atoms with Crippen LogP contribution in [0.5, 0.6) is 0 Å². The van der Waals surface area contributed by atoms with Crippen molar-refractivity contribution in [2.45, 2.75) is 18.9 Å². The lowest BCUT2D eigenvalue weighted by Crippen LogP contribution is -2.18. The normalized spacial score (nSPS) is 21.6. The fourth-order valence-electron chi connectivity index (χ4n) is 1.43. The Labute approximate surface area is 85.9 Å². The van der Waals surface area contributed by atoms with E-state index in [1.807, 2.05) is 0 Å². The summed E-state index contributed by atoms with van der Waals surface area (Å²) in [6.45, 7) is 5.03. The van der Waals surface area contributed by atoms with Crippen LogP contribution in [-0.4, -0.2) is 52.7 Å². The predicted molar refractivity (Wildman–Crippen MR) is 54.5 cm³/mol. The molecule has 0 saturated carbocycles. The van der Waals surface area contributed by atoms with Crippen LogP contribution < -0.4 is 5.32 Å². The van der Waals surface area contributed by atoms with E-state index in [1.54, 1.807) is 7.11 Å². The molecule has 0 aromatic heterocycles. The average molecular weight is 203 g/mol. The van der Waals surface area contributed by atoms with E-state index in [2.05, 4.69) is 5.32 Å². The molecule has 1 N–H and O–H groups in total. The van der Waals surface area contributed by atoms with Crippen LogP contribution in [0.1, 0.15) is 12.8 Å². The first-order chi connectivity index (χ1) is 6.93. The molecule has 1 aliphatic rings. The molecule has 0 radical (unpaired) electrons. The Kier molecular flexibility index (Phi) is 6.95. The molecule has 1 fully saturated rings. The van der Waals surface area contributed by atoms with Crippen molar-refractivity contribution in [2.24, 2.45) is 0 Å². The van der Waals surface area contributed by atoms with E-state index >= 15 is 0 Å². The smallest absolute Gasteiger partial charge is 0.0711 e. The van der Waals surface area contributed by atoms with Gasteiger partial charge >= 0.3 is 0 Å². The van der Waals surface area contributed by atoms with Crippen LogP contribution in [0.2, 0.25) is 0 Å². The van der Waals surface area contributed by atoms with Gasteiger partial charge in [-0.05, 0) is 19.4 Å². The van der Waals surface area contributed by atoms with Crippen LogP contribution in [-0.2, 0) is 14.2 Å². The highest BCUT2D eigenvalue weighted by Crippen LogP contribution is 2.03.